The van der Waals surface area contributed by atoms with Crippen LogP contribution < -0.4 is 5.32 Å². The van der Waals surface area contributed by atoms with Gasteiger partial charge in [0.05, 0.1) is 6.00 Å². The summed E-state index contributed by atoms with van der Waals surface area (Å²) >= 11 is 8.23. The molecule has 0 spiro atoms. The SMILES string of the molecule is O=S(O)C(Cl)NCCl. The predicted octanol–water partition coefficient (Wildman–Crippen LogP) is 0.516. The second-order valence-corrected chi connectivity index (χ2v) is 2.92. The highest BCUT2D eigenvalue weighted by Gasteiger charge is 2.06. The fraction of sp³-hybridized carbons (Fsp3) is 1.00. The number of rotatable bonds is 3. The lowest BCUT2D eigenvalue weighted by Gasteiger charge is -2.01. The maximum atomic E-state index is 9.95. The zero-order chi connectivity index (χ0) is 6.57. The maximum absolute atomic E-state index is 9.95. The number of nitrogens with one attached hydrogen (secondary N) is 1. The highest BCUT2D eigenvalue weighted by Crippen LogP contribution is 1.93. The molecule has 2 N–H and O–H groups in total. The molecule has 2 atom stereocenters. The summed E-state index contributed by atoms with van der Waals surface area (Å²) < 4.78 is 18.1. The van der Waals surface area contributed by atoms with E-state index in [4.69, 9.17) is 27.8 Å². The minimum absolute atomic E-state index is 0.0699. The Balaban J connectivity index is 3.32. The van der Waals surface area contributed by atoms with Gasteiger partial charge in [-0.15, -0.1) is 11.6 Å². The molecule has 6 heteroatoms. The molecule has 0 heterocycles. The molecule has 0 saturated carbocycles. The van der Waals surface area contributed by atoms with Gasteiger partial charge in [0.1, 0.15) is 0 Å². The van der Waals surface area contributed by atoms with Crippen LogP contribution in [0.25, 0.3) is 0 Å². The summed E-state index contributed by atoms with van der Waals surface area (Å²) in [6.45, 7) is 0. The maximum Gasteiger partial charge on any atom is 0.186 e. The number of halogens is 2. The van der Waals surface area contributed by atoms with E-state index in [2.05, 4.69) is 5.32 Å². The van der Waals surface area contributed by atoms with Gasteiger partial charge >= 0.3 is 0 Å². The monoisotopic (exact) mass is 177 g/mol. The van der Waals surface area contributed by atoms with Crippen molar-refractivity contribution >= 4 is 34.3 Å². The van der Waals surface area contributed by atoms with E-state index in [1.54, 1.807) is 0 Å². The first-order chi connectivity index (χ1) is 3.68. The van der Waals surface area contributed by atoms with E-state index in [0.717, 1.165) is 0 Å². The lowest BCUT2D eigenvalue weighted by atomic mass is 11.2. The van der Waals surface area contributed by atoms with Gasteiger partial charge in [0.2, 0.25) is 0 Å². The highest BCUT2D eigenvalue weighted by molar-refractivity contribution is 7.81. The van der Waals surface area contributed by atoms with Crippen LogP contribution in [0.2, 0.25) is 0 Å². The van der Waals surface area contributed by atoms with Crippen LogP contribution in [0, 0.1) is 0 Å². The summed E-state index contributed by atoms with van der Waals surface area (Å²) in [4.78, 5) is -0.965. The first-order valence-electron chi connectivity index (χ1n) is 1.71. The zero-order valence-corrected chi connectivity index (χ0v) is 6.13. The third kappa shape index (κ3) is 3.63. The van der Waals surface area contributed by atoms with Gasteiger partial charge < -0.3 is 4.55 Å². The van der Waals surface area contributed by atoms with Crippen LogP contribution in [0.5, 0.6) is 0 Å². The smallest absolute Gasteiger partial charge is 0.186 e. The fourth-order valence-corrected chi connectivity index (χ4v) is 0.760. The lowest BCUT2D eigenvalue weighted by Crippen LogP contribution is -2.26. The van der Waals surface area contributed by atoms with Gasteiger partial charge in [0.25, 0.3) is 0 Å². The molecule has 0 aromatic heterocycles. The largest absolute Gasteiger partial charge is 0.304 e. The number of hydrogen-bond acceptors (Lipinski definition) is 2. The average molecular weight is 178 g/mol. The van der Waals surface area contributed by atoms with Crippen molar-refractivity contribution in [1.82, 2.24) is 5.32 Å². The zero-order valence-electron chi connectivity index (χ0n) is 3.80. The molecular weight excluding hydrogens is 173 g/mol. The third-order valence-electron chi connectivity index (χ3n) is 0.415. The molecule has 0 aliphatic heterocycles. The Kier molecular flexibility index (Phi) is 4.89. The predicted molar refractivity (Wildman–Crippen MR) is 34.3 cm³/mol. The Hall–Kier alpha value is 0.650. The summed E-state index contributed by atoms with van der Waals surface area (Å²) in [5, 5.41) is 2.33. The molecule has 0 aromatic rings. The Morgan fingerprint density at radius 2 is 2.38 bits per heavy atom. The second kappa shape index (κ2) is 4.52. The van der Waals surface area contributed by atoms with Gasteiger partial charge in [0.15, 0.2) is 15.9 Å². The van der Waals surface area contributed by atoms with Crippen molar-refractivity contribution in [2.45, 2.75) is 4.83 Å². The van der Waals surface area contributed by atoms with Gasteiger partial charge in [-0.05, 0) is 0 Å². The lowest BCUT2D eigenvalue weighted by molar-refractivity contribution is 0.553. The standard InChI is InChI=1S/C2H5Cl2NO2S/c3-1-5-2(4)8(6)7/h2,5H,1H2,(H,6,7). The van der Waals surface area contributed by atoms with Crippen LogP contribution in [0.15, 0.2) is 0 Å². The van der Waals surface area contributed by atoms with Gasteiger partial charge in [0, 0.05) is 0 Å². The first-order valence-corrected chi connectivity index (χ1v) is 3.85. The van der Waals surface area contributed by atoms with Crippen LogP contribution in [0.3, 0.4) is 0 Å². The van der Waals surface area contributed by atoms with E-state index in [1.807, 2.05) is 0 Å². The molecule has 0 fully saturated rings. The first kappa shape index (κ1) is 8.65. The summed E-state index contributed by atoms with van der Waals surface area (Å²) in [6.07, 6.45) is 0. The Morgan fingerprint density at radius 1 is 1.88 bits per heavy atom. The van der Waals surface area contributed by atoms with E-state index in [-0.39, 0.29) is 6.00 Å². The van der Waals surface area contributed by atoms with Crippen molar-refractivity contribution in [3.05, 3.63) is 0 Å². The van der Waals surface area contributed by atoms with Crippen molar-refractivity contribution in [3.8, 4) is 0 Å². The van der Waals surface area contributed by atoms with E-state index >= 15 is 0 Å². The van der Waals surface area contributed by atoms with Gasteiger partial charge in [-0.1, -0.05) is 11.6 Å². The molecule has 8 heavy (non-hydrogen) atoms. The van der Waals surface area contributed by atoms with Crippen LogP contribution in [0.1, 0.15) is 0 Å². The molecule has 0 saturated heterocycles. The minimum Gasteiger partial charge on any atom is -0.304 e. The Bertz CT molecular complexity index is 90.1. The molecule has 0 rings (SSSR count). The fourth-order valence-electron chi connectivity index (χ4n) is 0.132. The van der Waals surface area contributed by atoms with Crippen molar-refractivity contribution in [1.29, 1.82) is 0 Å². The minimum atomic E-state index is -2.04. The van der Waals surface area contributed by atoms with Gasteiger partial charge in [-0.3, -0.25) is 5.32 Å². The quantitative estimate of drug-likeness (QED) is 0.376. The number of alkyl halides is 2. The Morgan fingerprint density at radius 3 is 2.50 bits per heavy atom. The molecule has 0 aromatic carbocycles. The van der Waals surface area contributed by atoms with Crippen molar-refractivity contribution < 1.29 is 8.76 Å². The van der Waals surface area contributed by atoms with E-state index in [9.17, 15) is 4.21 Å². The number of hydrogen-bond donors (Lipinski definition) is 2. The van der Waals surface area contributed by atoms with Crippen LogP contribution >= 0.6 is 23.2 Å². The van der Waals surface area contributed by atoms with Crippen molar-refractivity contribution in [2.75, 3.05) is 6.00 Å². The molecule has 50 valence electrons. The summed E-state index contributed by atoms with van der Waals surface area (Å²) in [5.74, 6) is 0. The molecule has 0 bridgehead atoms. The molecule has 0 radical (unpaired) electrons. The van der Waals surface area contributed by atoms with Crippen LogP contribution in [-0.2, 0) is 11.1 Å². The molecule has 0 amide bonds. The Labute approximate surface area is 59.6 Å². The molecule has 0 aliphatic carbocycles. The van der Waals surface area contributed by atoms with Crippen molar-refractivity contribution in [3.63, 3.8) is 0 Å². The van der Waals surface area contributed by atoms with E-state index in [0.29, 0.717) is 0 Å². The molecule has 3 nitrogen and oxygen atoms in total. The highest BCUT2D eigenvalue weighted by atomic mass is 35.5. The normalized spacial score (nSPS) is 17.9. The second-order valence-electron chi connectivity index (χ2n) is 0.930. The van der Waals surface area contributed by atoms with E-state index in [1.165, 1.54) is 0 Å². The average Bonchev–Trinajstić information content (AvgIpc) is 1.67. The summed E-state index contributed by atoms with van der Waals surface area (Å²) in [6, 6.07) is 0.0699. The van der Waals surface area contributed by atoms with Crippen molar-refractivity contribution in [2.24, 2.45) is 0 Å². The van der Waals surface area contributed by atoms with Gasteiger partial charge in [-0.25, -0.2) is 4.21 Å². The van der Waals surface area contributed by atoms with Crippen LogP contribution in [0.4, 0.5) is 0 Å². The topological polar surface area (TPSA) is 49.3 Å². The van der Waals surface area contributed by atoms with E-state index < -0.39 is 15.9 Å². The third-order valence-corrected chi connectivity index (χ3v) is 1.70. The summed E-state index contributed by atoms with van der Waals surface area (Å²) in [5.41, 5.74) is 0. The van der Waals surface area contributed by atoms with Gasteiger partial charge in [-0.2, -0.15) is 0 Å². The molecule has 0 aliphatic rings. The molecular formula is C2H5Cl2NO2S. The summed E-state index contributed by atoms with van der Waals surface area (Å²) in [7, 11) is 0. The van der Waals surface area contributed by atoms with Crippen LogP contribution in [-0.4, -0.2) is 19.6 Å². The molecule has 2 unspecified atom stereocenters.